The topological polar surface area (TPSA) is 72.7 Å². The van der Waals surface area contributed by atoms with Gasteiger partial charge in [-0.25, -0.2) is 0 Å². The van der Waals surface area contributed by atoms with Crippen LogP contribution in [0.1, 0.15) is 18.4 Å². The standard InChI is InChI=1S/C22H20N2O4/c25-22(23-13-12-17-15-18(24(26)27)10-11-20(17)23)9-4-14-28-21-8-3-6-16-5-1-2-7-19(16)21/h1-3,5-8,10-11,15H,4,9,12-14H2. The van der Waals surface area contributed by atoms with E-state index in [4.69, 9.17) is 4.74 Å². The molecule has 6 nitrogen and oxygen atoms in total. The SMILES string of the molecule is O=C(CCCOc1cccc2ccccc12)N1CCc2cc([N+](=O)[O-])ccc21. The average Bonchev–Trinajstić information content (AvgIpc) is 3.14. The molecule has 0 unspecified atom stereocenters. The van der Waals surface area contributed by atoms with Crippen molar-refractivity contribution in [3.8, 4) is 5.75 Å². The summed E-state index contributed by atoms with van der Waals surface area (Å²) < 4.78 is 5.90. The lowest BCUT2D eigenvalue weighted by Crippen LogP contribution is -2.28. The van der Waals surface area contributed by atoms with Gasteiger partial charge in [0.1, 0.15) is 5.75 Å². The molecular weight excluding hydrogens is 356 g/mol. The number of hydrogen-bond acceptors (Lipinski definition) is 4. The maximum Gasteiger partial charge on any atom is 0.269 e. The Kier molecular flexibility index (Phi) is 4.93. The first-order valence-electron chi connectivity index (χ1n) is 9.32. The molecule has 0 saturated carbocycles. The van der Waals surface area contributed by atoms with Gasteiger partial charge in [0, 0.05) is 36.2 Å². The zero-order valence-corrected chi connectivity index (χ0v) is 15.3. The van der Waals surface area contributed by atoms with E-state index < -0.39 is 4.92 Å². The molecule has 0 bridgehead atoms. The van der Waals surface area contributed by atoms with E-state index in [9.17, 15) is 14.9 Å². The molecule has 0 saturated heterocycles. The van der Waals surface area contributed by atoms with Crippen molar-refractivity contribution in [3.63, 3.8) is 0 Å². The first-order valence-corrected chi connectivity index (χ1v) is 9.32. The van der Waals surface area contributed by atoms with Crippen LogP contribution in [-0.2, 0) is 11.2 Å². The number of amides is 1. The van der Waals surface area contributed by atoms with Crippen LogP contribution in [0, 0.1) is 10.1 Å². The minimum absolute atomic E-state index is 0.0223. The van der Waals surface area contributed by atoms with Gasteiger partial charge in [0.25, 0.3) is 5.69 Å². The zero-order valence-electron chi connectivity index (χ0n) is 15.3. The van der Waals surface area contributed by atoms with Gasteiger partial charge >= 0.3 is 0 Å². The van der Waals surface area contributed by atoms with E-state index in [0.29, 0.717) is 32.4 Å². The van der Waals surface area contributed by atoms with Crippen LogP contribution in [0.2, 0.25) is 0 Å². The zero-order chi connectivity index (χ0) is 19.5. The van der Waals surface area contributed by atoms with Crippen molar-refractivity contribution in [3.05, 3.63) is 76.3 Å². The third-order valence-electron chi connectivity index (χ3n) is 5.01. The fourth-order valence-corrected chi connectivity index (χ4v) is 3.62. The van der Waals surface area contributed by atoms with E-state index in [1.807, 2.05) is 42.5 Å². The van der Waals surface area contributed by atoms with Gasteiger partial charge in [0.2, 0.25) is 5.91 Å². The van der Waals surface area contributed by atoms with Crippen LogP contribution in [0.5, 0.6) is 5.75 Å². The lowest BCUT2D eigenvalue weighted by molar-refractivity contribution is -0.384. The molecule has 0 atom stereocenters. The molecule has 0 aliphatic carbocycles. The van der Waals surface area contributed by atoms with Crippen molar-refractivity contribution in [1.82, 2.24) is 0 Å². The quantitative estimate of drug-likeness (QED) is 0.361. The number of rotatable bonds is 6. The first kappa shape index (κ1) is 18.0. The Labute approximate surface area is 162 Å². The largest absolute Gasteiger partial charge is 0.493 e. The summed E-state index contributed by atoms with van der Waals surface area (Å²) in [6.45, 7) is 1.03. The number of nitro benzene ring substituents is 1. The number of nitrogens with zero attached hydrogens (tertiary/aromatic N) is 2. The molecule has 0 spiro atoms. The fraction of sp³-hybridized carbons (Fsp3) is 0.227. The van der Waals surface area contributed by atoms with Gasteiger partial charge in [-0.1, -0.05) is 36.4 Å². The van der Waals surface area contributed by atoms with Gasteiger partial charge < -0.3 is 9.64 Å². The van der Waals surface area contributed by atoms with Crippen molar-refractivity contribution in [2.24, 2.45) is 0 Å². The highest BCUT2D eigenvalue weighted by molar-refractivity contribution is 5.95. The summed E-state index contributed by atoms with van der Waals surface area (Å²) in [6.07, 6.45) is 1.64. The van der Waals surface area contributed by atoms with Crippen molar-refractivity contribution < 1.29 is 14.5 Å². The molecule has 1 aliphatic rings. The number of benzene rings is 3. The third kappa shape index (κ3) is 3.53. The van der Waals surface area contributed by atoms with Gasteiger partial charge in [0.05, 0.1) is 11.5 Å². The second kappa shape index (κ2) is 7.68. The Balaban J connectivity index is 1.34. The molecule has 1 heterocycles. The molecule has 0 fully saturated rings. The number of anilines is 1. The first-order chi connectivity index (χ1) is 13.6. The van der Waals surface area contributed by atoms with Crippen LogP contribution in [0.25, 0.3) is 10.8 Å². The molecule has 6 heteroatoms. The van der Waals surface area contributed by atoms with E-state index in [0.717, 1.165) is 27.8 Å². The van der Waals surface area contributed by atoms with E-state index in [1.54, 1.807) is 17.0 Å². The van der Waals surface area contributed by atoms with Crippen LogP contribution in [0.3, 0.4) is 0 Å². The Morgan fingerprint density at radius 3 is 2.79 bits per heavy atom. The molecule has 0 aromatic heterocycles. The molecule has 0 radical (unpaired) electrons. The van der Waals surface area contributed by atoms with Crippen molar-refractivity contribution in [2.45, 2.75) is 19.3 Å². The summed E-state index contributed by atoms with van der Waals surface area (Å²) in [5, 5.41) is 13.1. The minimum atomic E-state index is -0.407. The highest BCUT2D eigenvalue weighted by Gasteiger charge is 2.25. The Hall–Kier alpha value is -3.41. The lowest BCUT2D eigenvalue weighted by atomic mass is 10.1. The number of carbonyl (C=O) groups excluding carboxylic acids is 1. The predicted octanol–water partition coefficient (Wildman–Crippen LogP) is 4.50. The highest BCUT2D eigenvalue weighted by atomic mass is 16.6. The second-order valence-electron chi connectivity index (χ2n) is 6.79. The van der Waals surface area contributed by atoms with Crippen molar-refractivity contribution in [2.75, 3.05) is 18.1 Å². The molecule has 28 heavy (non-hydrogen) atoms. The van der Waals surface area contributed by atoms with Gasteiger partial charge in [-0.05, 0) is 35.9 Å². The monoisotopic (exact) mass is 376 g/mol. The summed E-state index contributed by atoms with van der Waals surface area (Å²) in [7, 11) is 0. The van der Waals surface area contributed by atoms with Crippen LogP contribution in [0.4, 0.5) is 11.4 Å². The maximum atomic E-state index is 12.6. The van der Waals surface area contributed by atoms with E-state index in [-0.39, 0.29) is 11.6 Å². The average molecular weight is 376 g/mol. The second-order valence-corrected chi connectivity index (χ2v) is 6.79. The van der Waals surface area contributed by atoms with Crippen LogP contribution >= 0.6 is 0 Å². The van der Waals surface area contributed by atoms with Gasteiger partial charge in [0.15, 0.2) is 0 Å². The maximum absolute atomic E-state index is 12.6. The number of non-ortho nitro benzene ring substituents is 1. The number of fused-ring (bicyclic) bond motifs is 2. The number of nitro groups is 1. The number of ether oxygens (including phenoxy) is 1. The Bertz CT molecular complexity index is 1040. The molecule has 1 aliphatic heterocycles. The fourth-order valence-electron chi connectivity index (χ4n) is 3.62. The minimum Gasteiger partial charge on any atom is -0.493 e. The molecule has 1 amide bonds. The summed E-state index contributed by atoms with van der Waals surface area (Å²) in [5.74, 6) is 0.846. The van der Waals surface area contributed by atoms with E-state index in [1.165, 1.54) is 6.07 Å². The van der Waals surface area contributed by atoms with Crippen LogP contribution < -0.4 is 9.64 Å². The molecule has 142 valence electrons. The van der Waals surface area contributed by atoms with Gasteiger partial charge in [-0.2, -0.15) is 0 Å². The molecule has 3 aromatic carbocycles. The number of hydrogen-bond donors (Lipinski definition) is 0. The summed E-state index contributed by atoms with van der Waals surface area (Å²) in [6, 6.07) is 18.7. The van der Waals surface area contributed by atoms with Gasteiger partial charge in [-0.3, -0.25) is 14.9 Å². The normalized spacial score (nSPS) is 12.8. The van der Waals surface area contributed by atoms with Crippen LogP contribution in [0.15, 0.2) is 60.7 Å². The molecule has 0 N–H and O–H groups in total. The predicted molar refractivity (Wildman–Crippen MR) is 108 cm³/mol. The highest BCUT2D eigenvalue weighted by Crippen LogP contribution is 2.32. The van der Waals surface area contributed by atoms with Crippen molar-refractivity contribution in [1.29, 1.82) is 0 Å². The third-order valence-corrected chi connectivity index (χ3v) is 5.01. The smallest absolute Gasteiger partial charge is 0.269 e. The van der Waals surface area contributed by atoms with Crippen molar-refractivity contribution >= 4 is 28.1 Å². The lowest BCUT2D eigenvalue weighted by Gasteiger charge is -2.17. The van der Waals surface area contributed by atoms with E-state index >= 15 is 0 Å². The van der Waals surface area contributed by atoms with Crippen LogP contribution in [-0.4, -0.2) is 24.0 Å². The summed E-state index contributed by atoms with van der Waals surface area (Å²) in [5.41, 5.74) is 1.71. The Morgan fingerprint density at radius 1 is 1.11 bits per heavy atom. The molecule has 3 aromatic rings. The number of carbonyl (C=O) groups is 1. The summed E-state index contributed by atoms with van der Waals surface area (Å²) >= 11 is 0. The molecular formula is C22H20N2O4. The Morgan fingerprint density at radius 2 is 1.93 bits per heavy atom. The van der Waals surface area contributed by atoms with Gasteiger partial charge in [-0.15, -0.1) is 0 Å². The summed E-state index contributed by atoms with van der Waals surface area (Å²) in [4.78, 5) is 24.8. The van der Waals surface area contributed by atoms with E-state index in [2.05, 4.69) is 0 Å². The molecule has 4 rings (SSSR count).